The van der Waals surface area contributed by atoms with Crippen molar-refractivity contribution in [3.8, 4) is 0 Å². The van der Waals surface area contributed by atoms with Gasteiger partial charge in [-0.3, -0.25) is 9.36 Å². The van der Waals surface area contributed by atoms with Crippen molar-refractivity contribution in [2.75, 3.05) is 25.6 Å². The largest absolute Gasteiger partial charge is 0.374 e. The zero-order chi connectivity index (χ0) is 29.5. The number of carbonyl (C=O) groups is 1. The minimum Gasteiger partial charge on any atom is -0.374 e. The molecule has 0 saturated carbocycles. The van der Waals surface area contributed by atoms with Gasteiger partial charge in [0.15, 0.2) is 23.2 Å². The molecule has 0 radical (unpaired) electrons. The Morgan fingerprint density at radius 3 is 2.62 bits per heavy atom. The number of hydrogen-bond acceptors (Lipinski definition) is 9. The first-order valence-corrected chi connectivity index (χ1v) is 14.2. The van der Waals surface area contributed by atoms with Crippen LogP contribution in [0.4, 0.5) is 5.82 Å². The Balaban J connectivity index is 1.62. The standard InChI is InChI=1S/C27H36N7O5P/c1-17(2)34(18(3)4)40(37-14-13-28-6)39-22-19(5)38-27(23(22)36-7)33-16-31-21-24(29-15-30-25(21)33)32-26(35)20-11-9-8-10-12-20/h8-12,15-19,22-23,27H,13-14H2,1-5,7H3,(H,29,30,32,35)/t19-,22-,23-,27-,40?/m1/s1/i5D. The van der Waals surface area contributed by atoms with Crippen LogP contribution in [0.2, 0.25) is 0 Å². The summed E-state index contributed by atoms with van der Waals surface area (Å²) in [6.45, 7) is 15.7. The smallest absolute Gasteiger partial charge is 0.259 e. The molecule has 12 nitrogen and oxygen atoms in total. The van der Waals surface area contributed by atoms with E-state index in [1.165, 1.54) is 6.33 Å². The van der Waals surface area contributed by atoms with Crippen LogP contribution >= 0.6 is 8.53 Å². The van der Waals surface area contributed by atoms with Crippen LogP contribution in [0.1, 0.15) is 52.6 Å². The van der Waals surface area contributed by atoms with Crippen LogP contribution in [-0.2, 0) is 18.5 Å². The van der Waals surface area contributed by atoms with Crippen LogP contribution in [0, 0.1) is 6.57 Å². The van der Waals surface area contributed by atoms with E-state index in [9.17, 15) is 4.79 Å². The summed E-state index contributed by atoms with van der Waals surface area (Å²) in [5.41, 5.74) is 1.31. The van der Waals surface area contributed by atoms with Crippen molar-refractivity contribution in [3.05, 3.63) is 60.0 Å². The van der Waals surface area contributed by atoms with E-state index in [0.717, 1.165) is 0 Å². The Morgan fingerprint density at radius 2 is 1.98 bits per heavy atom. The summed E-state index contributed by atoms with van der Waals surface area (Å²) < 4.78 is 37.0. The second kappa shape index (κ2) is 13.5. The second-order valence-electron chi connectivity index (χ2n) is 9.72. The molecule has 40 heavy (non-hydrogen) atoms. The van der Waals surface area contributed by atoms with Gasteiger partial charge >= 0.3 is 0 Å². The average Bonchev–Trinajstić information content (AvgIpc) is 3.54. The van der Waals surface area contributed by atoms with E-state index >= 15 is 0 Å². The summed E-state index contributed by atoms with van der Waals surface area (Å²) in [6.07, 6.45) is 0.290. The molecule has 1 aliphatic heterocycles. The van der Waals surface area contributed by atoms with Gasteiger partial charge in [0.2, 0.25) is 6.54 Å². The molecule has 0 bridgehead atoms. The lowest BCUT2D eigenvalue weighted by Gasteiger charge is -2.37. The van der Waals surface area contributed by atoms with Crippen molar-refractivity contribution in [1.82, 2.24) is 24.2 Å². The maximum absolute atomic E-state index is 12.8. The van der Waals surface area contributed by atoms with Gasteiger partial charge in [-0.25, -0.2) is 26.2 Å². The van der Waals surface area contributed by atoms with Gasteiger partial charge in [-0.15, -0.1) is 0 Å². The third-order valence-electron chi connectivity index (χ3n) is 6.32. The summed E-state index contributed by atoms with van der Waals surface area (Å²) >= 11 is 0. The highest BCUT2D eigenvalue weighted by Crippen LogP contribution is 2.50. The molecule has 1 unspecified atom stereocenters. The predicted octanol–water partition coefficient (Wildman–Crippen LogP) is 4.68. The molecule has 2 aromatic heterocycles. The molecule has 0 aliphatic carbocycles. The summed E-state index contributed by atoms with van der Waals surface area (Å²) in [6, 6.07) is 9.05. The van der Waals surface area contributed by atoms with E-state index < -0.39 is 33.1 Å². The zero-order valence-electron chi connectivity index (χ0n) is 24.3. The third-order valence-corrected chi connectivity index (χ3v) is 8.45. The summed E-state index contributed by atoms with van der Waals surface area (Å²) in [5, 5.41) is 2.81. The van der Waals surface area contributed by atoms with Crippen molar-refractivity contribution >= 4 is 31.4 Å². The third kappa shape index (κ3) is 6.47. The minimum absolute atomic E-state index is 0.0738. The molecule has 1 fully saturated rings. The molecule has 0 spiro atoms. The van der Waals surface area contributed by atoms with Crippen LogP contribution in [-0.4, -0.2) is 80.8 Å². The average molecular weight is 571 g/mol. The number of anilines is 1. The number of carbonyl (C=O) groups excluding carboxylic acids is 1. The van der Waals surface area contributed by atoms with Gasteiger partial charge in [-0.2, -0.15) is 0 Å². The number of amides is 1. The monoisotopic (exact) mass is 570 g/mol. The minimum atomic E-state index is -1.59. The molecular formula is C27H36N7O5P. The first-order chi connectivity index (χ1) is 19.8. The molecule has 4 rings (SSSR count). The molecule has 1 amide bonds. The fourth-order valence-electron chi connectivity index (χ4n) is 4.60. The Labute approximate surface area is 237 Å². The number of benzene rings is 1. The number of ether oxygens (including phenoxy) is 2. The molecular weight excluding hydrogens is 533 g/mol. The predicted molar refractivity (Wildman–Crippen MR) is 151 cm³/mol. The fourth-order valence-corrected chi connectivity index (χ4v) is 6.36. The quantitative estimate of drug-likeness (QED) is 0.188. The summed E-state index contributed by atoms with van der Waals surface area (Å²) in [4.78, 5) is 29.3. The Morgan fingerprint density at radius 1 is 1.23 bits per heavy atom. The maximum atomic E-state index is 12.8. The first-order valence-electron chi connectivity index (χ1n) is 13.7. The molecule has 3 aromatic rings. The van der Waals surface area contributed by atoms with Gasteiger partial charge in [-0.1, -0.05) is 18.2 Å². The van der Waals surface area contributed by atoms with Crippen LogP contribution in [0.15, 0.2) is 43.0 Å². The zero-order valence-corrected chi connectivity index (χ0v) is 24.2. The number of rotatable bonds is 12. The number of nitrogens with one attached hydrogen (secondary N) is 1. The molecule has 1 N–H and O–H groups in total. The molecule has 1 saturated heterocycles. The Kier molecular flexibility index (Phi) is 9.65. The highest BCUT2D eigenvalue weighted by atomic mass is 31.2. The van der Waals surface area contributed by atoms with Gasteiger partial charge in [0, 0.05) is 26.1 Å². The lowest BCUT2D eigenvalue weighted by Crippen LogP contribution is -2.39. The van der Waals surface area contributed by atoms with Gasteiger partial charge in [0.1, 0.15) is 25.1 Å². The number of hydrogen-bond donors (Lipinski definition) is 1. The van der Waals surface area contributed by atoms with Crippen molar-refractivity contribution in [2.24, 2.45) is 0 Å². The van der Waals surface area contributed by atoms with Gasteiger partial charge < -0.3 is 28.7 Å². The van der Waals surface area contributed by atoms with Crippen molar-refractivity contribution < 1.29 is 24.7 Å². The van der Waals surface area contributed by atoms with Crippen LogP contribution in [0.5, 0.6) is 0 Å². The normalized spacial score (nSPS) is 22.1. The first kappa shape index (κ1) is 28.5. The van der Waals surface area contributed by atoms with Crippen molar-refractivity contribution in [3.63, 3.8) is 0 Å². The highest BCUT2D eigenvalue weighted by molar-refractivity contribution is 7.44. The number of methoxy groups -OCH3 is 1. The summed E-state index contributed by atoms with van der Waals surface area (Å²) in [7, 11) is -0.0265. The number of aromatic nitrogens is 4. The van der Waals surface area contributed by atoms with E-state index in [2.05, 4.69) is 57.5 Å². The lowest BCUT2D eigenvalue weighted by atomic mass is 10.1. The Hall–Kier alpha value is -3.04. The lowest BCUT2D eigenvalue weighted by molar-refractivity contribution is -0.0466. The van der Waals surface area contributed by atoms with Gasteiger partial charge in [-0.05, 0) is 46.7 Å². The topological polar surface area (TPSA) is 117 Å². The van der Waals surface area contributed by atoms with E-state index in [-0.39, 0.29) is 43.9 Å². The number of nitrogens with zero attached hydrogens (tertiary/aromatic N) is 6. The Bertz CT molecular complexity index is 1330. The van der Waals surface area contributed by atoms with Crippen LogP contribution in [0.25, 0.3) is 16.0 Å². The number of fused-ring (bicyclic) bond motifs is 1. The van der Waals surface area contributed by atoms with Gasteiger partial charge in [0.25, 0.3) is 14.4 Å². The van der Waals surface area contributed by atoms with Crippen molar-refractivity contribution in [1.29, 1.82) is 0 Å². The van der Waals surface area contributed by atoms with Gasteiger partial charge in [0.05, 0.1) is 12.4 Å². The van der Waals surface area contributed by atoms with E-state index in [1.54, 1.807) is 42.3 Å². The maximum Gasteiger partial charge on any atom is 0.259 e. The highest BCUT2D eigenvalue weighted by Gasteiger charge is 2.48. The molecule has 13 heteroatoms. The SMILES string of the molecule is [2H]C[C@H]1O[C@@H](n2cnc3c(NC(=O)c4ccccc4)ncnc32)[C@H](OC)[C@@H]1OP(OCC[N+]#[C-])N(C(C)C)C(C)C. The molecule has 214 valence electrons. The van der Waals surface area contributed by atoms with E-state index in [1.807, 2.05) is 6.07 Å². The number of imidazole rings is 1. The molecule has 1 aromatic carbocycles. The van der Waals surface area contributed by atoms with Crippen LogP contribution < -0.4 is 5.32 Å². The van der Waals surface area contributed by atoms with Crippen LogP contribution in [0.3, 0.4) is 0 Å². The van der Waals surface area contributed by atoms with E-state index in [4.69, 9.17) is 26.5 Å². The fraction of sp³-hybridized carbons (Fsp3) is 0.519. The molecule has 3 heterocycles. The van der Waals surface area contributed by atoms with E-state index in [0.29, 0.717) is 16.7 Å². The summed E-state index contributed by atoms with van der Waals surface area (Å²) in [5.74, 6) is -0.0538. The molecule has 1 aliphatic rings. The second-order valence-corrected chi connectivity index (χ2v) is 11.1. The molecule has 5 atom stereocenters. The van der Waals surface area contributed by atoms with Crippen molar-refractivity contribution in [2.45, 2.75) is 71.2 Å².